The normalized spacial score (nSPS) is 11.0. The standard InChI is InChI=1S/C5H14N2.2ClH/c1-5(6)3-4-7-2;;/h5,7H,3-4,6H2,1-2H3;2*1H/t5-;;/m0../s1. The molecule has 4 heteroatoms. The van der Waals surface area contributed by atoms with Crippen LogP contribution >= 0.6 is 24.8 Å². The highest BCUT2D eigenvalue weighted by Crippen LogP contribution is 1.79. The summed E-state index contributed by atoms with van der Waals surface area (Å²) in [5, 5.41) is 3.02. The fraction of sp³-hybridized carbons (Fsp3) is 1.00. The minimum Gasteiger partial charge on any atom is -0.328 e. The highest BCUT2D eigenvalue weighted by Gasteiger charge is 1.88. The van der Waals surface area contributed by atoms with Crippen LogP contribution in [0.3, 0.4) is 0 Å². The van der Waals surface area contributed by atoms with E-state index in [1.165, 1.54) is 0 Å². The minimum atomic E-state index is 0. The van der Waals surface area contributed by atoms with Gasteiger partial charge in [-0.3, -0.25) is 0 Å². The Kier molecular flexibility index (Phi) is 20.4. The Morgan fingerprint density at radius 1 is 1.44 bits per heavy atom. The summed E-state index contributed by atoms with van der Waals surface area (Å²) in [4.78, 5) is 0. The lowest BCUT2D eigenvalue weighted by atomic mass is 10.2. The summed E-state index contributed by atoms with van der Waals surface area (Å²) in [6, 6.07) is 0.340. The number of nitrogens with two attached hydrogens (primary N) is 1. The van der Waals surface area contributed by atoms with Crippen molar-refractivity contribution in [3.63, 3.8) is 0 Å². The quantitative estimate of drug-likeness (QED) is 0.665. The van der Waals surface area contributed by atoms with Crippen LogP contribution in [0.1, 0.15) is 13.3 Å². The van der Waals surface area contributed by atoms with Gasteiger partial charge < -0.3 is 11.1 Å². The molecule has 0 aliphatic rings. The Morgan fingerprint density at radius 3 is 2.00 bits per heavy atom. The summed E-state index contributed by atoms with van der Waals surface area (Å²) in [6.45, 7) is 3.04. The largest absolute Gasteiger partial charge is 0.328 e. The Hall–Kier alpha value is 0.500. The molecule has 0 bridgehead atoms. The fourth-order valence-corrected chi connectivity index (χ4v) is 0.372. The highest BCUT2D eigenvalue weighted by atomic mass is 35.5. The zero-order valence-corrected chi connectivity index (χ0v) is 7.52. The molecule has 0 spiro atoms. The molecule has 0 unspecified atom stereocenters. The molecule has 0 aromatic heterocycles. The molecule has 0 fully saturated rings. The summed E-state index contributed by atoms with van der Waals surface area (Å²) in [7, 11) is 1.93. The summed E-state index contributed by atoms with van der Waals surface area (Å²) in [5.41, 5.74) is 5.44. The third-order valence-electron chi connectivity index (χ3n) is 0.850. The first kappa shape index (κ1) is 16.2. The van der Waals surface area contributed by atoms with Crippen LogP contribution in [-0.4, -0.2) is 19.6 Å². The second kappa shape index (κ2) is 11.3. The van der Waals surface area contributed by atoms with Gasteiger partial charge in [0.05, 0.1) is 0 Å². The van der Waals surface area contributed by atoms with Gasteiger partial charge in [0, 0.05) is 6.04 Å². The van der Waals surface area contributed by atoms with Crippen LogP contribution in [-0.2, 0) is 0 Å². The Morgan fingerprint density at radius 2 is 1.89 bits per heavy atom. The third-order valence-corrected chi connectivity index (χ3v) is 0.850. The average molecular weight is 175 g/mol. The van der Waals surface area contributed by atoms with Crippen LogP contribution in [0.25, 0.3) is 0 Å². The smallest absolute Gasteiger partial charge is 0.00225 e. The molecule has 0 aliphatic carbocycles. The van der Waals surface area contributed by atoms with E-state index in [4.69, 9.17) is 5.73 Å². The van der Waals surface area contributed by atoms with E-state index in [2.05, 4.69) is 5.32 Å². The molecule has 1 atom stereocenters. The van der Waals surface area contributed by atoms with Crippen molar-refractivity contribution < 1.29 is 0 Å². The van der Waals surface area contributed by atoms with Gasteiger partial charge in [0.15, 0.2) is 0 Å². The van der Waals surface area contributed by atoms with Gasteiger partial charge in [0.2, 0.25) is 0 Å². The molecule has 0 saturated heterocycles. The first-order chi connectivity index (χ1) is 3.27. The Balaban J connectivity index is -0.000000180. The molecule has 0 aliphatic heterocycles. The van der Waals surface area contributed by atoms with E-state index in [0.29, 0.717) is 6.04 Å². The monoisotopic (exact) mass is 174 g/mol. The van der Waals surface area contributed by atoms with E-state index in [-0.39, 0.29) is 24.8 Å². The maximum Gasteiger partial charge on any atom is 0.00225 e. The molecule has 9 heavy (non-hydrogen) atoms. The highest BCUT2D eigenvalue weighted by molar-refractivity contribution is 5.85. The van der Waals surface area contributed by atoms with E-state index in [9.17, 15) is 0 Å². The van der Waals surface area contributed by atoms with Crippen LogP contribution < -0.4 is 11.1 Å². The van der Waals surface area contributed by atoms with Gasteiger partial charge in [-0.25, -0.2) is 0 Å². The summed E-state index contributed by atoms with van der Waals surface area (Å²) < 4.78 is 0. The van der Waals surface area contributed by atoms with Gasteiger partial charge in [-0.1, -0.05) is 0 Å². The number of hydrogen-bond donors (Lipinski definition) is 2. The molecule has 60 valence electrons. The van der Waals surface area contributed by atoms with Crippen molar-refractivity contribution >= 4 is 24.8 Å². The van der Waals surface area contributed by atoms with Crippen molar-refractivity contribution in [2.24, 2.45) is 5.73 Å². The lowest BCUT2D eigenvalue weighted by Crippen LogP contribution is -2.21. The third kappa shape index (κ3) is 17.7. The van der Waals surface area contributed by atoms with Crippen molar-refractivity contribution in [2.45, 2.75) is 19.4 Å². The summed E-state index contributed by atoms with van der Waals surface area (Å²) >= 11 is 0. The zero-order valence-electron chi connectivity index (χ0n) is 5.89. The van der Waals surface area contributed by atoms with E-state index in [1.54, 1.807) is 0 Å². The van der Waals surface area contributed by atoms with Crippen molar-refractivity contribution in [2.75, 3.05) is 13.6 Å². The Labute approximate surface area is 69.4 Å². The van der Waals surface area contributed by atoms with E-state index < -0.39 is 0 Å². The molecule has 0 heterocycles. The second-order valence-corrected chi connectivity index (χ2v) is 1.87. The molecule has 0 saturated carbocycles. The number of rotatable bonds is 3. The first-order valence-electron chi connectivity index (χ1n) is 2.67. The molecule has 0 rings (SSSR count). The molecule has 0 aromatic rings. The fourth-order valence-electron chi connectivity index (χ4n) is 0.372. The number of halogens is 2. The van der Waals surface area contributed by atoms with E-state index in [1.807, 2.05) is 14.0 Å². The Bertz CT molecular complexity index is 41.9. The van der Waals surface area contributed by atoms with Gasteiger partial charge in [-0.05, 0) is 26.9 Å². The van der Waals surface area contributed by atoms with Crippen LogP contribution in [0, 0.1) is 0 Å². The van der Waals surface area contributed by atoms with Gasteiger partial charge in [-0.15, -0.1) is 24.8 Å². The minimum absolute atomic E-state index is 0. The predicted octanol–water partition coefficient (Wildman–Crippen LogP) is 0.787. The number of nitrogens with one attached hydrogen (secondary N) is 1. The maximum atomic E-state index is 5.44. The summed E-state index contributed by atoms with van der Waals surface area (Å²) in [5.74, 6) is 0. The second-order valence-electron chi connectivity index (χ2n) is 1.87. The summed E-state index contributed by atoms with van der Waals surface area (Å²) in [6.07, 6.45) is 1.07. The van der Waals surface area contributed by atoms with Crippen molar-refractivity contribution in [1.82, 2.24) is 5.32 Å². The van der Waals surface area contributed by atoms with Crippen LogP contribution in [0.5, 0.6) is 0 Å². The van der Waals surface area contributed by atoms with E-state index >= 15 is 0 Å². The maximum absolute atomic E-state index is 5.44. The van der Waals surface area contributed by atoms with Crippen LogP contribution in [0.15, 0.2) is 0 Å². The molecular weight excluding hydrogens is 159 g/mol. The van der Waals surface area contributed by atoms with Crippen molar-refractivity contribution in [3.8, 4) is 0 Å². The number of hydrogen-bond acceptors (Lipinski definition) is 2. The first-order valence-corrected chi connectivity index (χ1v) is 2.67. The van der Waals surface area contributed by atoms with Gasteiger partial charge in [-0.2, -0.15) is 0 Å². The lowest BCUT2D eigenvalue weighted by Gasteiger charge is -2.00. The predicted molar refractivity (Wildman–Crippen MR) is 46.7 cm³/mol. The molecule has 3 N–H and O–H groups in total. The van der Waals surface area contributed by atoms with Gasteiger partial charge >= 0.3 is 0 Å². The van der Waals surface area contributed by atoms with E-state index in [0.717, 1.165) is 13.0 Å². The van der Waals surface area contributed by atoms with Crippen molar-refractivity contribution in [3.05, 3.63) is 0 Å². The van der Waals surface area contributed by atoms with Crippen LogP contribution in [0.2, 0.25) is 0 Å². The molecule has 0 aromatic carbocycles. The topological polar surface area (TPSA) is 38.0 Å². The van der Waals surface area contributed by atoms with Crippen LogP contribution in [0.4, 0.5) is 0 Å². The SMILES string of the molecule is CNCC[C@H](C)N.Cl.Cl. The van der Waals surface area contributed by atoms with Crippen molar-refractivity contribution in [1.29, 1.82) is 0 Å². The molecule has 0 radical (unpaired) electrons. The lowest BCUT2D eigenvalue weighted by molar-refractivity contribution is 0.627. The molecular formula is C5H16Cl2N2. The molecule has 0 amide bonds. The average Bonchev–Trinajstić information content (AvgIpc) is 1.61. The van der Waals surface area contributed by atoms with Gasteiger partial charge in [0.25, 0.3) is 0 Å². The van der Waals surface area contributed by atoms with Gasteiger partial charge in [0.1, 0.15) is 0 Å². The molecule has 2 nitrogen and oxygen atoms in total. The zero-order chi connectivity index (χ0) is 5.70.